The van der Waals surface area contributed by atoms with Crippen LogP contribution in [0.2, 0.25) is 0 Å². The molecule has 3 aromatic rings. The number of hydrogen-bond donors (Lipinski definition) is 1. The van der Waals surface area contributed by atoms with Crippen molar-refractivity contribution >= 4 is 35.0 Å². The summed E-state index contributed by atoms with van der Waals surface area (Å²) in [7, 11) is 9.78. The normalized spacial score (nSPS) is 12.9. The summed E-state index contributed by atoms with van der Waals surface area (Å²) in [6.45, 7) is 6.82. The molecule has 0 bridgehead atoms. The fraction of sp³-hybridized carbons (Fsp3) is 0.200. The van der Waals surface area contributed by atoms with Gasteiger partial charge in [-0.25, -0.2) is 0 Å². The predicted molar refractivity (Wildman–Crippen MR) is 122 cm³/mol. The van der Waals surface area contributed by atoms with Crippen LogP contribution in [0.1, 0.15) is 38.3 Å². The first-order valence-corrected chi connectivity index (χ1v) is 13.7. The first-order valence-electron chi connectivity index (χ1n) is 9.40. The van der Waals surface area contributed by atoms with Crippen LogP contribution >= 0.6 is 18.6 Å². The molecule has 1 N–H and O–H groups in total. The average Bonchev–Trinajstić information content (AvgIpc) is 3.02. The molecule has 0 atom stereocenters. The third-order valence-corrected chi connectivity index (χ3v) is 5.11. The minimum absolute atomic E-state index is 0.140. The minimum atomic E-state index is -0.556. The molecule has 1 aliphatic rings. The van der Waals surface area contributed by atoms with Crippen LogP contribution in [0.5, 0.6) is 0 Å². The maximum absolute atomic E-state index is 8.54. The zero-order valence-electron chi connectivity index (χ0n) is 17.0. The Morgan fingerprint density at radius 1 is 0.862 bits per heavy atom. The van der Waals surface area contributed by atoms with Gasteiger partial charge in [0.2, 0.25) is 0 Å². The fourth-order valence-corrected chi connectivity index (χ4v) is 3.25. The molecule has 4 heteroatoms. The van der Waals surface area contributed by atoms with Gasteiger partial charge >= 0.3 is 35.6 Å². The molecule has 0 saturated carbocycles. The standard InChI is InChI=1S/C18H17.C7H8O.2ClH.Ti/c1-12-10-18(14(3)13(12)2)17-9-8-15-6-4-5-7-16(15)11-17;8-6-7-4-2-1-3-5-7;;;/h4-9H,10H2,1-3H3;1-5,8H,6H2;2*1H;/q-1;;;;+2/p-2. The number of rotatable bonds is 2. The van der Waals surface area contributed by atoms with E-state index in [2.05, 4.69) is 63.2 Å². The zero-order chi connectivity index (χ0) is 21.2. The number of hydrogen-bond acceptors (Lipinski definition) is 1. The number of aliphatic hydroxyl groups is 1. The Labute approximate surface area is 190 Å². The van der Waals surface area contributed by atoms with E-state index in [4.69, 9.17) is 23.7 Å². The van der Waals surface area contributed by atoms with Gasteiger partial charge in [-0.2, -0.15) is 0 Å². The number of benzene rings is 3. The monoisotopic (exact) mass is 459 g/mol. The molecule has 1 aliphatic carbocycles. The van der Waals surface area contributed by atoms with E-state index in [9.17, 15) is 0 Å². The van der Waals surface area contributed by atoms with Crippen LogP contribution in [-0.2, 0) is 23.6 Å². The second-order valence-electron chi connectivity index (χ2n) is 6.86. The van der Waals surface area contributed by atoms with Crippen molar-refractivity contribution in [2.75, 3.05) is 0 Å². The molecule has 0 amide bonds. The molecule has 3 aromatic carbocycles. The SMILES string of the molecule is CC1=C(C)C(C)=C(c2[c-]c3ccccc3cc2)C1.OCc1ccccc1.[Cl][Ti][Cl]. The molecule has 0 fully saturated rings. The molecular formula is C25H25Cl2OTi-. The van der Waals surface area contributed by atoms with Crippen LogP contribution in [0.25, 0.3) is 16.3 Å². The third kappa shape index (κ3) is 6.84. The molecule has 0 unspecified atom stereocenters. The summed E-state index contributed by atoms with van der Waals surface area (Å²) >= 11 is -0.556. The second kappa shape index (κ2) is 12.4. The molecule has 150 valence electrons. The molecule has 1 nitrogen and oxygen atoms in total. The molecule has 0 aliphatic heterocycles. The van der Waals surface area contributed by atoms with Gasteiger partial charge < -0.3 is 5.11 Å². The second-order valence-corrected chi connectivity index (χ2v) is 9.44. The Morgan fingerprint density at radius 2 is 1.48 bits per heavy atom. The van der Waals surface area contributed by atoms with Gasteiger partial charge in [0.15, 0.2) is 0 Å². The molecule has 0 spiro atoms. The van der Waals surface area contributed by atoms with Gasteiger partial charge in [0, 0.05) is 0 Å². The van der Waals surface area contributed by atoms with Crippen molar-refractivity contribution in [1.82, 2.24) is 0 Å². The quantitative estimate of drug-likeness (QED) is 0.307. The molecule has 4 rings (SSSR count). The molecule has 0 heterocycles. The van der Waals surface area contributed by atoms with E-state index in [0.717, 1.165) is 12.0 Å². The van der Waals surface area contributed by atoms with E-state index >= 15 is 0 Å². The summed E-state index contributed by atoms with van der Waals surface area (Å²) in [5.41, 5.74) is 8.03. The van der Waals surface area contributed by atoms with Crippen LogP contribution in [-0.4, -0.2) is 5.11 Å². The maximum atomic E-state index is 8.54. The number of halogens is 2. The average molecular weight is 460 g/mol. The summed E-state index contributed by atoms with van der Waals surface area (Å²) in [6.07, 6.45) is 1.08. The predicted octanol–water partition coefficient (Wildman–Crippen LogP) is 7.71. The van der Waals surface area contributed by atoms with Crippen molar-refractivity contribution in [3.05, 3.63) is 101 Å². The fourth-order valence-electron chi connectivity index (χ4n) is 3.25. The number of aliphatic hydroxyl groups excluding tert-OH is 1. The van der Waals surface area contributed by atoms with Gasteiger partial charge in [-0.3, -0.25) is 0 Å². The van der Waals surface area contributed by atoms with Crippen LogP contribution in [0, 0.1) is 6.07 Å². The van der Waals surface area contributed by atoms with Gasteiger partial charge in [0.05, 0.1) is 6.61 Å². The Balaban J connectivity index is 0.000000228. The van der Waals surface area contributed by atoms with Gasteiger partial charge in [0.1, 0.15) is 0 Å². The first-order chi connectivity index (χ1) is 14.0. The van der Waals surface area contributed by atoms with Crippen molar-refractivity contribution in [3.63, 3.8) is 0 Å². The Bertz CT molecular complexity index is 994. The zero-order valence-corrected chi connectivity index (χ0v) is 20.0. The number of fused-ring (bicyclic) bond motifs is 1. The Kier molecular flexibility index (Phi) is 10.2. The summed E-state index contributed by atoms with van der Waals surface area (Å²) < 4.78 is 0. The van der Waals surface area contributed by atoms with Crippen LogP contribution < -0.4 is 0 Å². The van der Waals surface area contributed by atoms with Crippen molar-refractivity contribution < 1.29 is 22.1 Å². The molecule has 0 aromatic heterocycles. The van der Waals surface area contributed by atoms with Gasteiger partial charge in [-0.05, 0) is 32.8 Å². The van der Waals surface area contributed by atoms with E-state index in [1.807, 2.05) is 30.3 Å². The summed E-state index contributed by atoms with van der Waals surface area (Å²) in [5, 5.41) is 11.0. The van der Waals surface area contributed by atoms with E-state index in [1.165, 1.54) is 38.6 Å². The van der Waals surface area contributed by atoms with E-state index in [-0.39, 0.29) is 6.61 Å². The number of allylic oxidation sites excluding steroid dienone is 4. The van der Waals surface area contributed by atoms with E-state index < -0.39 is 17.0 Å². The van der Waals surface area contributed by atoms with E-state index in [0.29, 0.717) is 0 Å². The Morgan fingerprint density at radius 3 is 2.03 bits per heavy atom. The van der Waals surface area contributed by atoms with Crippen LogP contribution in [0.4, 0.5) is 0 Å². The molecule has 0 radical (unpaired) electrons. The summed E-state index contributed by atoms with van der Waals surface area (Å²) in [6, 6.07) is 25.9. The van der Waals surface area contributed by atoms with Gasteiger partial charge in [0.25, 0.3) is 0 Å². The van der Waals surface area contributed by atoms with Crippen LogP contribution in [0.15, 0.2) is 83.4 Å². The van der Waals surface area contributed by atoms with Crippen molar-refractivity contribution in [2.24, 2.45) is 0 Å². The topological polar surface area (TPSA) is 20.2 Å². The molecule has 0 saturated heterocycles. The van der Waals surface area contributed by atoms with Crippen molar-refractivity contribution in [1.29, 1.82) is 0 Å². The Hall–Kier alpha value is -1.35. The van der Waals surface area contributed by atoms with Crippen molar-refractivity contribution in [3.8, 4) is 0 Å². The molecular weight excluding hydrogens is 435 g/mol. The van der Waals surface area contributed by atoms with Gasteiger partial charge in [-0.1, -0.05) is 76.2 Å². The van der Waals surface area contributed by atoms with Gasteiger partial charge in [-0.15, -0.1) is 35.2 Å². The third-order valence-electron chi connectivity index (χ3n) is 5.11. The van der Waals surface area contributed by atoms with Crippen molar-refractivity contribution in [2.45, 2.75) is 33.8 Å². The first kappa shape index (κ1) is 23.9. The van der Waals surface area contributed by atoms with E-state index in [1.54, 1.807) is 0 Å². The molecule has 29 heavy (non-hydrogen) atoms. The summed E-state index contributed by atoms with van der Waals surface area (Å²) in [5.74, 6) is 0. The van der Waals surface area contributed by atoms with Crippen LogP contribution in [0.3, 0.4) is 0 Å². The summed E-state index contributed by atoms with van der Waals surface area (Å²) in [4.78, 5) is 0.